The van der Waals surface area contributed by atoms with E-state index >= 15 is 0 Å². The van der Waals surface area contributed by atoms with Crippen LogP contribution in [-0.4, -0.2) is 30.7 Å². The van der Waals surface area contributed by atoms with E-state index in [9.17, 15) is 9.59 Å². The molecule has 22 heavy (non-hydrogen) atoms. The van der Waals surface area contributed by atoms with Gasteiger partial charge in [0.25, 0.3) is 0 Å². The molecule has 1 aliphatic heterocycles. The molecule has 0 aromatic heterocycles. The molecule has 120 valence electrons. The van der Waals surface area contributed by atoms with Crippen molar-refractivity contribution in [1.82, 2.24) is 5.32 Å². The molecule has 0 spiro atoms. The monoisotopic (exact) mass is 320 g/mol. The fourth-order valence-corrected chi connectivity index (χ4v) is 2.81. The van der Waals surface area contributed by atoms with Crippen LogP contribution < -0.4 is 10.2 Å². The Morgan fingerprint density at radius 3 is 2.45 bits per heavy atom. The van der Waals surface area contributed by atoms with Crippen molar-refractivity contribution >= 4 is 29.3 Å². The van der Waals surface area contributed by atoms with Crippen LogP contribution >= 0.6 is 11.8 Å². The van der Waals surface area contributed by atoms with Gasteiger partial charge in [-0.15, -0.1) is 11.8 Å². The quantitative estimate of drug-likeness (QED) is 0.849. The molecule has 1 aliphatic rings. The van der Waals surface area contributed by atoms with Crippen LogP contribution in [0.3, 0.4) is 0 Å². The Kier molecular flexibility index (Phi) is 5.51. The molecule has 2 atom stereocenters. The lowest BCUT2D eigenvalue weighted by Gasteiger charge is -2.20. The summed E-state index contributed by atoms with van der Waals surface area (Å²) in [6, 6.07) is 8.02. The molecule has 4 nitrogen and oxygen atoms in total. The zero-order valence-corrected chi connectivity index (χ0v) is 14.4. The highest BCUT2D eigenvalue weighted by Gasteiger charge is 2.35. The van der Waals surface area contributed by atoms with E-state index in [2.05, 4.69) is 19.2 Å². The first kappa shape index (κ1) is 16.9. The van der Waals surface area contributed by atoms with Gasteiger partial charge in [-0.05, 0) is 43.4 Å². The maximum atomic E-state index is 12.3. The predicted molar refractivity (Wildman–Crippen MR) is 91.1 cm³/mol. The smallest absolute Gasteiger partial charge is 0.227 e. The number of nitrogens with one attached hydrogen (secondary N) is 1. The Labute approximate surface area is 136 Å². The minimum absolute atomic E-state index is 0.0159. The van der Waals surface area contributed by atoms with Crippen LogP contribution in [-0.2, 0) is 9.59 Å². The van der Waals surface area contributed by atoms with E-state index in [0.29, 0.717) is 18.9 Å². The van der Waals surface area contributed by atoms with Crippen molar-refractivity contribution in [3.63, 3.8) is 0 Å². The van der Waals surface area contributed by atoms with Crippen molar-refractivity contribution in [3.8, 4) is 0 Å². The van der Waals surface area contributed by atoms with Crippen LogP contribution in [0.25, 0.3) is 0 Å². The van der Waals surface area contributed by atoms with Crippen LogP contribution in [0.15, 0.2) is 29.2 Å². The Hall–Kier alpha value is -1.49. The number of carbonyl (C=O) groups is 2. The van der Waals surface area contributed by atoms with Gasteiger partial charge in [-0.2, -0.15) is 0 Å². The lowest BCUT2D eigenvalue weighted by molar-refractivity contribution is -0.127. The van der Waals surface area contributed by atoms with Crippen LogP contribution in [0.4, 0.5) is 5.69 Å². The third kappa shape index (κ3) is 3.83. The van der Waals surface area contributed by atoms with Gasteiger partial charge in [0, 0.05) is 29.6 Å². The third-order valence-corrected chi connectivity index (χ3v) is 4.99. The number of rotatable bonds is 5. The highest BCUT2D eigenvalue weighted by Crippen LogP contribution is 2.27. The first-order valence-electron chi connectivity index (χ1n) is 7.67. The summed E-state index contributed by atoms with van der Waals surface area (Å²) in [4.78, 5) is 27.4. The van der Waals surface area contributed by atoms with Gasteiger partial charge in [0.05, 0.1) is 5.92 Å². The van der Waals surface area contributed by atoms with E-state index in [1.807, 2.05) is 37.4 Å². The molecule has 0 saturated carbocycles. The number of anilines is 1. The van der Waals surface area contributed by atoms with Crippen molar-refractivity contribution in [2.75, 3.05) is 17.7 Å². The maximum absolute atomic E-state index is 12.3. The SMILES string of the molecule is CSc1ccc(N2CC(C(=O)NC(C)C(C)C)CC2=O)cc1. The Morgan fingerprint density at radius 2 is 1.91 bits per heavy atom. The molecular formula is C17H24N2O2S. The Bertz CT molecular complexity index is 542. The van der Waals surface area contributed by atoms with Gasteiger partial charge in [0.2, 0.25) is 11.8 Å². The lowest BCUT2D eigenvalue weighted by atomic mass is 10.0. The molecule has 0 radical (unpaired) electrons. The number of hydrogen-bond donors (Lipinski definition) is 1. The van der Waals surface area contributed by atoms with Crippen LogP contribution in [0.1, 0.15) is 27.2 Å². The number of thioether (sulfide) groups is 1. The summed E-state index contributed by atoms with van der Waals surface area (Å²) in [5.74, 6) is 0.136. The van der Waals surface area contributed by atoms with Gasteiger partial charge >= 0.3 is 0 Å². The maximum Gasteiger partial charge on any atom is 0.227 e. The number of benzene rings is 1. The van der Waals surface area contributed by atoms with E-state index in [0.717, 1.165) is 10.6 Å². The molecule has 0 aliphatic carbocycles. The van der Waals surface area contributed by atoms with Crippen LogP contribution in [0.5, 0.6) is 0 Å². The zero-order chi connectivity index (χ0) is 16.3. The van der Waals surface area contributed by atoms with Crippen molar-refractivity contribution < 1.29 is 9.59 Å². The van der Waals surface area contributed by atoms with Crippen molar-refractivity contribution in [2.45, 2.75) is 38.1 Å². The molecule has 1 aromatic carbocycles. The summed E-state index contributed by atoms with van der Waals surface area (Å²) in [6.45, 7) is 6.61. The minimum atomic E-state index is -0.256. The van der Waals surface area contributed by atoms with Gasteiger partial charge in [0.1, 0.15) is 0 Å². The topological polar surface area (TPSA) is 49.4 Å². The van der Waals surface area contributed by atoms with E-state index in [1.165, 1.54) is 0 Å². The Morgan fingerprint density at radius 1 is 1.27 bits per heavy atom. The number of amides is 2. The largest absolute Gasteiger partial charge is 0.353 e. The lowest BCUT2D eigenvalue weighted by Crippen LogP contribution is -2.40. The first-order chi connectivity index (χ1) is 10.4. The average Bonchev–Trinajstić information content (AvgIpc) is 2.89. The van der Waals surface area contributed by atoms with Crippen molar-refractivity contribution in [3.05, 3.63) is 24.3 Å². The number of carbonyl (C=O) groups excluding carboxylic acids is 2. The fraction of sp³-hybridized carbons (Fsp3) is 0.529. The van der Waals surface area contributed by atoms with Crippen LogP contribution in [0.2, 0.25) is 0 Å². The summed E-state index contributed by atoms with van der Waals surface area (Å²) in [5.41, 5.74) is 0.870. The van der Waals surface area contributed by atoms with E-state index < -0.39 is 0 Å². The number of nitrogens with zero attached hydrogens (tertiary/aromatic N) is 1. The van der Waals surface area contributed by atoms with Crippen LogP contribution in [0, 0.1) is 11.8 Å². The van der Waals surface area contributed by atoms with E-state index in [-0.39, 0.29) is 23.8 Å². The molecule has 2 amide bonds. The van der Waals surface area contributed by atoms with Gasteiger partial charge in [-0.3, -0.25) is 9.59 Å². The standard InChI is InChI=1S/C17H24N2O2S/c1-11(2)12(3)18-17(21)13-9-16(20)19(10-13)14-5-7-15(22-4)8-6-14/h5-8,11-13H,9-10H2,1-4H3,(H,18,21). The van der Waals surface area contributed by atoms with Gasteiger partial charge in [-0.1, -0.05) is 13.8 Å². The number of hydrogen-bond acceptors (Lipinski definition) is 3. The van der Waals surface area contributed by atoms with Gasteiger partial charge < -0.3 is 10.2 Å². The zero-order valence-electron chi connectivity index (χ0n) is 13.6. The molecule has 2 rings (SSSR count). The summed E-state index contributed by atoms with van der Waals surface area (Å²) in [5, 5.41) is 3.01. The normalized spacial score (nSPS) is 19.6. The fourth-order valence-electron chi connectivity index (χ4n) is 2.40. The summed E-state index contributed by atoms with van der Waals surface area (Å²) in [6.07, 6.45) is 2.31. The molecule has 1 fully saturated rings. The molecule has 2 unspecified atom stereocenters. The summed E-state index contributed by atoms with van der Waals surface area (Å²) >= 11 is 1.67. The summed E-state index contributed by atoms with van der Waals surface area (Å²) < 4.78 is 0. The van der Waals surface area contributed by atoms with Crippen molar-refractivity contribution in [1.29, 1.82) is 0 Å². The predicted octanol–water partition coefficient (Wildman–Crippen LogP) is 2.92. The first-order valence-corrected chi connectivity index (χ1v) is 8.89. The van der Waals surface area contributed by atoms with Crippen molar-refractivity contribution in [2.24, 2.45) is 11.8 Å². The molecular weight excluding hydrogens is 296 g/mol. The second-order valence-electron chi connectivity index (χ2n) is 6.14. The Balaban J connectivity index is 2.02. The second-order valence-corrected chi connectivity index (χ2v) is 7.02. The minimum Gasteiger partial charge on any atom is -0.353 e. The highest BCUT2D eigenvalue weighted by molar-refractivity contribution is 7.98. The van der Waals surface area contributed by atoms with E-state index in [4.69, 9.17) is 0 Å². The molecule has 1 saturated heterocycles. The molecule has 1 aromatic rings. The van der Waals surface area contributed by atoms with Gasteiger partial charge in [-0.25, -0.2) is 0 Å². The third-order valence-electron chi connectivity index (χ3n) is 4.25. The highest BCUT2D eigenvalue weighted by atomic mass is 32.2. The molecule has 1 N–H and O–H groups in total. The molecule has 5 heteroatoms. The molecule has 1 heterocycles. The second kappa shape index (κ2) is 7.18. The average molecular weight is 320 g/mol. The summed E-state index contributed by atoms with van der Waals surface area (Å²) in [7, 11) is 0. The molecule has 0 bridgehead atoms. The van der Waals surface area contributed by atoms with E-state index in [1.54, 1.807) is 16.7 Å². The van der Waals surface area contributed by atoms with Gasteiger partial charge in [0.15, 0.2) is 0 Å².